The molecule has 0 spiro atoms. The van der Waals surface area contributed by atoms with Crippen LogP contribution in [0.1, 0.15) is 32.6 Å². The molecule has 1 aliphatic heterocycles. The molecule has 22 heavy (non-hydrogen) atoms. The topological polar surface area (TPSA) is 47.9 Å². The van der Waals surface area contributed by atoms with Gasteiger partial charge in [-0.05, 0) is 36.2 Å². The van der Waals surface area contributed by atoms with E-state index in [0.29, 0.717) is 5.92 Å². The van der Waals surface area contributed by atoms with E-state index in [1.54, 1.807) is 33.5 Å². The SMILES string of the molecule is CCCC1CCC[Si](OC)(c2ccc(O)cc2)C1(OC)OC. The fraction of sp³-hybridized carbons (Fsp3) is 0.647. The van der Waals surface area contributed by atoms with Gasteiger partial charge in [-0.2, -0.15) is 0 Å². The molecule has 0 aromatic heterocycles. The van der Waals surface area contributed by atoms with Crippen molar-refractivity contribution in [3.8, 4) is 5.75 Å². The van der Waals surface area contributed by atoms with Gasteiger partial charge >= 0.3 is 0 Å². The van der Waals surface area contributed by atoms with Crippen LogP contribution in [0.2, 0.25) is 6.04 Å². The van der Waals surface area contributed by atoms with Crippen molar-refractivity contribution < 1.29 is 19.0 Å². The number of methoxy groups -OCH3 is 2. The van der Waals surface area contributed by atoms with Gasteiger partial charge < -0.3 is 19.0 Å². The molecule has 1 N–H and O–H groups in total. The second kappa shape index (κ2) is 7.13. The van der Waals surface area contributed by atoms with Crippen molar-refractivity contribution in [3.05, 3.63) is 24.3 Å². The Morgan fingerprint density at radius 1 is 1.18 bits per heavy atom. The van der Waals surface area contributed by atoms with Crippen molar-refractivity contribution in [2.75, 3.05) is 21.3 Å². The van der Waals surface area contributed by atoms with Crippen LogP contribution >= 0.6 is 0 Å². The van der Waals surface area contributed by atoms with E-state index in [1.165, 1.54) is 0 Å². The Morgan fingerprint density at radius 2 is 1.82 bits per heavy atom. The van der Waals surface area contributed by atoms with Gasteiger partial charge in [-0.25, -0.2) is 0 Å². The predicted molar refractivity (Wildman–Crippen MR) is 89.7 cm³/mol. The lowest BCUT2D eigenvalue weighted by atomic mass is 9.96. The molecule has 0 saturated carbocycles. The molecule has 0 bridgehead atoms. The molecule has 2 atom stereocenters. The Kier molecular flexibility index (Phi) is 5.66. The second-order valence-electron chi connectivity index (χ2n) is 6.03. The summed E-state index contributed by atoms with van der Waals surface area (Å²) in [6, 6.07) is 8.35. The van der Waals surface area contributed by atoms with Crippen LogP contribution in [-0.2, 0) is 13.9 Å². The van der Waals surface area contributed by atoms with E-state index in [4.69, 9.17) is 13.9 Å². The Balaban J connectivity index is 2.56. The molecule has 4 nitrogen and oxygen atoms in total. The maximum absolute atomic E-state index is 9.60. The lowest BCUT2D eigenvalue weighted by Crippen LogP contribution is -2.74. The number of phenolic OH excluding ortho intramolecular Hbond substituents is 1. The Bertz CT molecular complexity index is 470. The summed E-state index contributed by atoms with van der Waals surface area (Å²) in [5.74, 6) is 0.604. The highest BCUT2D eigenvalue weighted by Gasteiger charge is 2.63. The van der Waals surface area contributed by atoms with Crippen molar-refractivity contribution in [2.24, 2.45) is 5.92 Å². The van der Waals surface area contributed by atoms with E-state index in [2.05, 4.69) is 6.92 Å². The van der Waals surface area contributed by atoms with Crippen LogP contribution in [-0.4, -0.2) is 40.2 Å². The number of ether oxygens (including phenoxy) is 2. The number of phenols is 1. The van der Waals surface area contributed by atoms with Crippen molar-refractivity contribution in [3.63, 3.8) is 0 Å². The minimum absolute atomic E-state index is 0.269. The van der Waals surface area contributed by atoms with Gasteiger partial charge in [0.25, 0.3) is 8.32 Å². The van der Waals surface area contributed by atoms with Crippen molar-refractivity contribution in [1.29, 1.82) is 0 Å². The van der Waals surface area contributed by atoms with Crippen LogP contribution in [0.3, 0.4) is 0 Å². The first-order valence-corrected chi connectivity index (χ1v) is 10.2. The third-order valence-electron chi connectivity index (χ3n) is 5.11. The quantitative estimate of drug-likeness (QED) is 0.646. The largest absolute Gasteiger partial charge is 0.508 e. The lowest BCUT2D eigenvalue weighted by Gasteiger charge is -2.53. The number of aromatic hydroxyl groups is 1. The van der Waals surface area contributed by atoms with Crippen LogP contribution in [0.15, 0.2) is 24.3 Å². The van der Waals surface area contributed by atoms with Crippen molar-refractivity contribution >= 4 is 13.5 Å². The fourth-order valence-electron chi connectivity index (χ4n) is 4.16. The molecule has 5 heteroatoms. The zero-order chi connectivity index (χ0) is 16.2. The summed E-state index contributed by atoms with van der Waals surface area (Å²) in [6.45, 7) is 2.20. The average molecular weight is 324 g/mol. The minimum Gasteiger partial charge on any atom is -0.508 e. The summed E-state index contributed by atoms with van der Waals surface area (Å²) in [6.07, 6.45) is 4.40. The summed E-state index contributed by atoms with van der Waals surface area (Å²) < 4.78 is 18.3. The van der Waals surface area contributed by atoms with Crippen LogP contribution in [0.25, 0.3) is 0 Å². The third kappa shape index (κ3) is 2.60. The highest BCUT2D eigenvalue weighted by Crippen LogP contribution is 2.45. The number of hydrogen-bond acceptors (Lipinski definition) is 4. The average Bonchev–Trinajstić information content (AvgIpc) is 2.55. The summed E-state index contributed by atoms with van der Waals surface area (Å²) in [7, 11) is 2.76. The predicted octanol–water partition coefficient (Wildman–Crippen LogP) is 2.93. The van der Waals surface area contributed by atoms with Gasteiger partial charge in [0.05, 0.1) is 0 Å². The van der Waals surface area contributed by atoms with Crippen molar-refractivity contribution in [1.82, 2.24) is 0 Å². The molecule has 1 aliphatic rings. The first-order chi connectivity index (χ1) is 10.6. The smallest absolute Gasteiger partial charge is 0.288 e. The second-order valence-corrected chi connectivity index (χ2v) is 9.87. The normalized spacial score (nSPS) is 27.7. The van der Waals surface area contributed by atoms with Gasteiger partial charge in [0.2, 0.25) is 0 Å². The fourth-order valence-corrected chi connectivity index (χ4v) is 8.94. The van der Waals surface area contributed by atoms with E-state index >= 15 is 0 Å². The van der Waals surface area contributed by atoms with Gasteiger partial charge in [-0.15, -0.1) is 0 Å². The molecular weight excluding hydrogens is 296 g/mol. The maximum atomic E-state index is 9.60. The Morgan fingerprint density at radius 3 is 2.32 bits per heavy atom. The van der Waals surface area contributed by atoms with E-state index in [-0.39, 0.29) is 5.75 Å². The van der Waals surface area contributed by atoms with Crippen LogP contribution < -0.4 is 5.19 Å². The number of hydrogen-bond donors (Lipinski definition) is 1. The molecule has 1 saturated heterocycles. The van der Waals surface area contributed by atoms with E-state index in [9.17, 15) is 5.11 Å². The summed E-state index contributed by atoms with van der Waals surface area (Å²) in [4.78, 5) is 0. The maximum Gasteiger partial charge on any atom is 0.288 e. The van der Waals surface area contributed by atoms with E-state index < -0.39 is 13.7 Å². The summed E-state index contributed by atoms with van der Waals surface area (Å²) in [5, 5.41) is 10.7. The molecule has 0 aliphatic carbocycles. The molecule has 2 rings (SSSR count). The van der Waals surface area contributed by atoms with Gasteiger partial charge in [0, 0.05) is 27.2 Å². The number of rotatable bonds is 6. The molecular formula is C17H28O4Si. The molecule has 1 aromatic rings. The molecule has 0 radical (unpaired) electrons. The Hall–Kier alpha value is -0.883. The molecule has 124 valence electrons. The van der Waals surface area contributed by atoms with Crippen LogP contribution in [0, 0.1) is 5.92 Å². The van der Waals surface area contributed by atoms with Crippen LogP contribution in [0.4, 0.5) is 0 Å². The van der Waals surface area contributed by atoms with Gasteiger partial charge in [0.15, 0.2) is 5.41 Å². The third-order valence-corrected chi connectivity index (χ3v) is 10.1. The highest BCUT2D eigenvalue weighted by molar-refractivity contribution is 6.88. The minimum atomic E-state index is -2.49. The zero-order valence-corrected chi connectivity index (χ0v) is 15.1. The molecule has 1 heterocycles. The number of benzene rings is 1. The Labute approximate surface area is 134 Å². The van der Waals surface area contributed by atoms with Gasteiger partial charge in [-0.1, -0.05) is 31.9 Å². The summed E-state index contributed by atoms with van der Waals surface area (Å²) >= 11 is 0. The highest BCUT2D eigenvalue weighted by atomic mass is 28.4. The standard InChI is InChI=1S/C17H28O4Si/c1-5-7-14-8-6-13-22(21-4,17(14,19-2)20-3)16-11-9-15(18)10-12-16/h9-12,14,18H,5-8,13H2,1-4H3. The van der Waals surface area contributed by atoms with Crippen molar-refractivity contribution in [2.45, 2.75) is 44.1 Å². The van der Waals surface area contributed by atoms with E-state index in [1.807, 2.05) is 12.1 Å². The molecule has 0 amide bonds. The van der Waals surface area contributed by atoms with E-state index in [0.717, 1.165) is 36.9 Å². The molecule has 1 aromatic carbocycles. The zero-order valence-electron chi connectivity index (χ0n) is 14.1. The lowest BCUT2D eigenvalue weighted by molar-refractivity contribution is -0.200. The van der Waals surface area contributed by atoms with Gasteiger partial charge in [-0.3, -0.25) is 0 Å². The van der Waals surface area contributed by atoms with Crippen LogP contribution in [0.5, 0.6) is 5.75 Å². The summed E-state index contributed by atoms with van der Waals surface area (Å²) in [5.41, 5.74) is -0.674. The van der Waals surface area contributed by atoms with Gasteiger partial charge in [0.1, 0.15) is 5.75 Å². The molecule has 2 unspecified atom stereocenters. The first-order valence-electron chi connectivity index (χ1n) is 8.05. The first kappa shape index (κ1) is 17.5. The monoisotopic (exact) mass is 324 g/mol. The molecule has 1 fully saturated rings.